The standard InChI is InChI=1S/C46H30N4/c1-2-10-35(11-3-1)49-45-17-9-6-14-39(45)40-28-32(20-23-46(40)49)34-25-27-48-42(30-34)41-29-33(24-26-47-41)31-18-21-36(22-19-31)50-43-15-7-4-12-37(43)38-13-5-8-16-44(38)50/h1-30H. The van der Waals surface area contributed by atoms with Gasteiger partial charge in [0.15, 0.2) is 0 Å². The Balaban J connectivity index is 1.00. The Morgan fingerprint density at radius 1 is 0.300 bits per heavy atom. The van der Waals surface area contributed by atoms with Crippen molar-refractivity contribution in [2.24, 2.45) is 0 Å². The van der Waals surface area contributed by atoms with E-state index in [1.807, 2.05) is 12.4 Å². The molecule has 0 aliphatic carbocycles. The molecule has 10 aromatic rings. The number of hydrogen-bond donors (Lipinski definition) is 0. The number of fused-ring (bicyclic) bond motifs is 6. The molecule has 0 unspecified atom stereocenters. The summed E-state index contributed by atoms with van der Waals surface area (Å²) < 4.78 is 4.69. The Hall–Kier alpha value is -6.78. The number of para-hydroxylation sites is 4. The first-order chi connectivity index (χ1) is 24.8. The molecule has 4 aromatic heterocycles. The predicted octanol–water partition coefficient (Wildman–Crippen LogP) is 11.7. The van der Waals surface area contributed by atoms with Crippen molar-refractivity contribution in [3.63, 3.8) is 0 Å². The van der Waals surface area contributed by atoms with Crippen LogP contribution in [0.25, 0.3) is 88.6 Å². The highest BCUT2D eigenvalue weighted by Gasteiger charge is 2.15. The molecule has 0 fully saturated rings. The Kier molecular flexibility index (Phi) is 6.46. The van der Waals surface area contributed by atoms with E-state index in [0.717, 1.165) is 45.0 Å². The lowest BCUT2D eigenvalue weighted by Crippen LogP contribution is -1.94. The number of aromatic nitrogens is 4. The Morgan fingerprint density at radius 3 is 1.30 bits per heavy atom. The molecular formula is C46H30N4. The molecule has 0 saturated heterocycles. The molecular weight excluding hydrogens is 609 g/mol. The fraction of sp³-hybridized carbons (Fsp3) is 0. The summed E-state index contributed by atoms with van der Waals surface area (Å²) in [5.41, 5.74) is 13.3. The second kappa shape index (κ2) is 11.4. The van der Waals surface area contributed by atoms with Gasteiger partial charge in [-0.1, -0.05) is 91.0 Å². The van der Waals surface area contributed by atoms with Crippen molar-refractivity contribution in [3.05, 3.63) is 182 Å². The third-order valence-corrected chi connectivity index (χ3v) is 9.84. The Labute approximate surface area is 289 Å². The molecule has 0 atom stereocenters. The summed E-state index contributed by atoms with van der Waals surface area (Å²) in [7, 11) is 0. The van der Waals surface area contributed by atoms with Crippen LogP contribution in [-0.4, -0.2) is 19.1 Å². The third-order valence-electron chi connectivity index (χ3n) is 9.84. The molecule has 4 heterocycles. The number of pyridine rings is 2. The number of hydrogen-bond acceptors (Lipinski definition) is 2. The zero-order chi connectivity index (χ0) is 33.0. The molecule has 234 valence electrons. The topological polar surface area (TPSA) is 35.6 Å². The van der Waals surface area contributed by atoms with E-state index in [0.29, 0.717) is 0 Å². The zero-order valence-electron chi connectivity index (χ0n) is 27.1. The first-order valence-electron chi connectivity index (χ1n) is 16.9. The summed E-state index contributed by atoms with van der Waals surface area (Å²) in [6.07, 6.45) is 3.77. The fourth-order valence-corrected chi connectivity index (χ4v) is 7.51. The van der Waals surface area contributed by atoms with Crippen molar-refractivity contribution >= 4 is 43.6 Å². The maximum Gasteiger partial charge on any atom is 0.0892 e. The van der Waals surface area contributed by atoms with Crippen LogP contribution < -0.4 is 0 Å². The molecule has 0 radical (unpaired) electrons. The minimum Gasteiger partial charge on any atom is -0.309 e. The van der Waals surface area contributed by atoms with Crippen LogP contribution in [0.1, 0.15) is 0 Å². The van der Waals surface area contributed by atoms with E-state index in [2.05, 4.69) is 179 Å². The number of benzene rings is 6. The second-order valence-electron chi connectivity index (χ2n) is 12.7. The highest BCUT2D eigenvalue weighted by Crippen LogP contribution is 2.36. The van der Waals surface area contributed by atoms with Gasteiger partial charge in [0, 0.05) is 45.3 Å². The first-order valence-corrected chi connectivity index (χ1v) is 16.9. The fourth-order valence-electron chi connectivity index (χ4n) is 7.51. The van der Waals surface area contributed by atoms with Crippen molar-refractivity contribution in [2.45, 2.75) is 0 Å². The molecule has 0 aliphatic rings. The maximum atomic E-state index is 4.76. The lowest BCUT2D eigenvalue weighted by molar-refractivity contribution is 1.18. The predicted molar refractivity (Wildman–Crippen MR) is 207 cm³/mol. The molecule has 0 N–H and O–H groups in total. The molecule has 0 saturated carbocycles. The SMILES string of the molecule is c1ccc(-n2c3ccccc3c3cc(-c4ccnc(-c5cc(-c6ccc(-n7c8ccccc8c8ccccc87)cc6)ccn5)c4)ccc32)cc1. The van der Waals surface area contributed by atoms with Crippen LogP contribution in [0.15, 0.2) is 182 Å². The van der Waals surface area contributed by atoms with Gasteiger partial charge in [0.1, 0.15) is 0 Å². The van der Waals surface area contributed by atoms with Crippen LogP contribution in [0.5, 0.6) is 0 Å². The van der Waals surface area contributed by atoms with Gasteiger partial charge >= 0.3 is 0 Å². The summed E-state index contributed by atoms with van der Waals surface area (Å²) in [5.74, 6) is 0. The molecule has 0 spiro atoms. The van der Waals surface area contributed by atoms with Crippen molar-refractivity contribution in [1.82, 2.24) is 19.1 Å². The number of rotatable bonds is 5. The first kappa shape index (κ1) is 28.3. The van der Waals surface area contributed by atoms with Crippen molar-refractivity contribution in [3.8, 4) is 45.0 Å². The molecule has 0 bridgehead atoms. The molecule has 4 nitrogen and oxygen atoms in total. The summed E-state index contributed by atoms with van der Waals surface area (Å²) in [6, 6.07) is 60.4. The van der Waals surface area contributed by atoms with Gasteiger partial charge in [0.2, 0.25) is 0 Å². The highest BCUT2D eigenvalue weighted by molar-refractivity contribution is 6.11. The van der Waals surface area contributed by atoms with E-state index in [9.17, 15) is 0 Å². The maximum absolute atomic E-state index is 4.76. The molecule has 50 heavy (non-hydrogen) atoms. The zero-order valence-corrected chi connectivity index (χ0v) is 27.1. The van der Waals surface area contributed by atoms with Crippen molar-refractivity contribution in [1.29, 1.82) is 0 Å². The van der Waals surface area contributed by atoms with E-state index < -0.39 is 0 Å². The summed E-state index contributed by atoms with van der Waals surface area (Å²) in [6.45, 7) is 0. The molecule has 10 rings (SSSR count). The molecule has 0 aliphatic heterocycles. The van der Waals surface area contributed by atoms with Crippen molar-refractivity contribution < 1.29 is 0 Å². The van der Waals surface area contributed by atoms with Gasteiger partial charge in [-0.25, -0.2) is 0 Å². The largest absolute Gasteiger partial charge is 0.309 e. The van der Waals surface area contributed by atoms with E-state index in [-0.39, 0.29) is 0 Å². The van der Waals surface area contributed by atoms with Gasteiger partial charge < -0.3 is 9.13 Å². The lowest BCUT2D eigenvalue weighted by Gasteiger charge is -2.10. The highest BCUT2D eigenvalue weighted by atomic mass is 15.0. The van der Waals surface area contributed by atoms with Crippen LogP contribution in [0.3, 0.4) is 0 Å². The minimum absolute atomic E-state index is 0.845. The van der Waals surface area contributed by atoms with Crippen LogP contribution in [-0.2, 0) is 0 Å². The van der Waals surface area contributed by atoms with Gasteiger partial charge in [-0.05, 0) is 101 Å². The molecule has 4 heteroatoms. The molecule has 0 amide bonds. The van der Waals surface area contributed by atoms with Crippen LogP contribution >= 0.6 is 0 Å². The van der Waals surface area contributed by atoms with Crippen molar-refractivity contribution in [2.75, 3.05) is 0 Å². The molecule has 6 aromatic carbocycles. The van der Waals surface area contributed by atoms with E-state index in [4.69, 9.17) is 9.97 Å². The second-order valence-corrected chi connectivity index (χ2v) is 12.7. The Bertz CT molecular complexity index is 2810. The quantitative estimate of drug-likeness (QED) is 0.188. The van der Waals surface area contributed by atoms with Gasteiger partial charge in [0.25, 0.3) is 0 Å². The Morgan fingerprint density at radius 2 is 0.720 bits per heavy atom. The van der Waals surface area contributed by atoms with Gasteiger partial charge in [-0.3, -0.25) is 9.97 Å². The van der Waals surface area contributed by atoms with Gasteiger partial charge in [0.05, 0.1) is 33.5 Å². The average Bonchev–Trinajstić information content (AvgIpc) is 3.71. The lowest BCUT2D eigenvalue weighted by atomic mass is 10.0. The monoisotopic (exact) mass is 638 g/mol. The average molecular weight is 639 g/mol. The van der Waals surface area contributed by atoms with Crippen LogP contribution in [0, 0.1) is 0 Å². The van der Waals surface area contributed by atoms with Gasteiger partial charge in [-0.2, -0.15) is 0 Å². The number of nitrogens with zero attached hydrogens (tertiary/aromatic N) is 4. The third kappa shape index (κ3) is 4.54. The minimum atomic E-state index is 0.845. The summed E-state index contributed by atoms with van der Waals surface area (Å²) >= 11 is 0. The summed E-state index contributed by atoms with van der Waals surface area (Å²) in [5, 5.41) is 4.99. The van der Waals surface area contributed by atoms with E-state index in [1.54, 1.807) is 0 Å². The van der Waals surface area contributed by atoms with Gasteiger partial charge in [-0.15, -0.1) is 0 Å². The summed E-state index contributed by atoms with van der Waals surface area (Å²) in [4.78, 5) is 9.52. The van der Waals surface area contributed by atoms with E-state index in [1.165, 1.54) is 43.6 Å². The van der Waals surface area contributed by atoms with Crippen LogP contribution in [0.4, 0.5) is 0 Å². The smallest absolute Gasteiger partial charge is 0.0892 e. The van der Waals surface area contributed by atoms with Crippen LogP contribution in [0.2, 0.25) is 0 Å². The normalized spacial score (nSPS) is 11.6. The van der Waals surface area contributed by atoms with E-state index >= 15 is 0 Å².